The first-order chi connectivity index (χ1) is 13.0. The molecule has 0 saturated carbocycles. The summed E-state index contributed by atoms with van der Waals surface area (Å²) in [4.78, 5) is 13.2. The Bertz CT molecular complexity index is 1050. The molecule has 4 rings (SSSR count). The van der Waals surface area contributed by atoms with E-state index in [1.54, 1.807) is 16.8 Å². The van der Waals surface area contributed by atoms with Gasteiger partial charge < -0.3 is 5.32 Å². The predicted molar refractivity (Wildman–Crippen MR) is 104 cm³/mol. The molecule has 1 N–H and O–H groups in total. The molecular formula is C18H22N6O2S. The summed E-state index contributed by atoms with van der Waals surface area (Å²) in [6, 6.07) is 9.60. The minimum atomic E-state index is -3.21. The summed E-state index contributed by atoms with van der Waals surface area (Å²) in [5, 5.41) is 3.20. The third-order valence-corrected chi connectivity index (χ3v) is 6.17. The highest BCUT2D eigenvalue weighted by Gasteiger charge is 2.29. The van der Waals surface area contributed by atoms with Gasteiger partial charge in [0.15, 0.2) is 0 Å². The molecule has 1 saturated heterocycles. The zero-order chi connectivity index (χ0) is 18.9. The highest BCUT2D eigenvalue weighted by molar-refractivity contribution is 7.88. The van der Waals surface area contributed by atoms with E-state index in [0.717, 1.165) is 30.3 Å². The van der Waals surface area contributed by atoms with Crippen molar-refractivity contribution < 1.29 is 8.42 Å². The van der Waals surface area contributed by atoms with E-state index in [1.807, 2.05) is 34.9 Å². The molecule has 1 fully saturated rings. The number of nitrogens with one attached hydrogen (secondary N) is 1. The summed E-state index contributed by atoms with van der Waals surface area (Å²) in [6.45, 7) is 1.06. The topological polar surface area (TPSA) is 93.0 Å². The van der Waals surface area contributed by atoms with Gasteiger partial charge >= 0.3 is 0 Å². The second kappa shape index (κ2) is 7.24. The van der Waals surface area contributed by atoms with Crippen molar-refractivity contribution in [1.82, 2.24) is 23.8 Å². The van der Waals surface area contributed by atoms with Crippen LogP contribution in [0.5, 0.6) is 0 Å². The molecule has 0 amide bonds. The molecule has 2 aromatic heterocycles. The number of rotatable bonds is 5. The van der Waals surface area contributed by atoms with Gasteiger partial charge in [-0.05, 0) is 31.0 Å². The number of fused-ring (bicyclic) bond motifs is 1. The van der Waals surface area contributed by atoms with Gasteiger partial charge in [0.2, 0.25) is 16.0 Å². The van der Waals surface area contributed by atoms with Crippen molar-refractivity contribution in [3.63, 3.8) is 0 Å². The van der Waals surface area contributed by atoms with Crippen LogP contribution in [0.1, 0.15) is 19.3 Å². The molecule has 1 aliphatic rings. The second-order valence-electron chi connectivity index (χ2n) is 6.75. The Balaban J connectivity index is 1.53. The minimum Gasteiger partial charge on any atom is -0.353 e. The quantitative estimate of drug-likeness (QED) is 0.721. The van der Waals surface area contributed by atoms with E-state index in [-0.39, 0.29) is 6.04 Å². The van der Waals surface area contributed by atoms with Crippen LogP contribution in [0.3, 0.4) is 0 Å². The fourth-order valence-electron chi connectivity index (χ4n) is 3.53. The molecule has 1 aliphatic heterocycles. The van der Waals surface area contributed by atoms with Crippen LogP contribution in [0.2, 0.25) is 0 Å². The Labute approximate surface area is 158 Å². The summed E-state index contributed by atoms with van der Waals surface area (Å²) in [5.74, 6) is 1.19. The average molecular weight is 386 g/mol. The van der Waals surface area contributed by atoms with Gasteiger partial charge in [0.1, 0.15) is 12.1 Å². The first-order valence-electron chi connectivity index (χ1n) is 8.98. The van der Waals surface area contributed by atoms with Crippen molar-refractivity contribution in [1.29, 1.82) is 0 Å². The molecule has 27 heavy (non-hydrogen) atoms. The zero-order valence-corrected chi connectivity index (χ0v) is 15.9. The zero-order valence-electron chi connectivity index (χ0n) is 15.1. The predicted octanol–water partition coefficient (Wildman–Crippen LogP) is 2.04. The summed E-state index contributed by atoms with van der Waals surface area (Å²) < 4.78 is 27.5. The van der Waals surface area contributed by atoms with Gasteiger partial charge in [-0.3, -0.25) is 4.57 Å². The maximum atomic E-state index is 12.0. The lowest BCUT2D eigenvalue weighted by Crippen LogP contribution is -2.46. The van der Waals surface area contributed by atoms with Crippen molar-refractivity contribution >= 4 is 27.0 Å². The van der Waals surface area contributed by atoms with E-state index in [0.29, 0.717) is 24.9 Å². The second-order valence-corrected chi connectivity index (χ2v) is 8.68. The number of aromatic nitrogens is 4. The summed E-state index contributed by atoms with van der Waals surface area (Å²) in [7, 11) is -3.21. The highest BCUT2D eigenvalue weighted by Crippen LogP contribution is 2.21. The third kappa shape index (κ3) is 3.79. The molecule has 142 valence electrons. The summed E-state index contributed by atoms with van der Waals surface area (Å²) >= 11 is 0. The first-order valence-corrected chi connectivity index (χ1v) is 10.8. The van der Waals surface area contributed by atoms with Crippen molar-refractivity contribution in [3.05, 3.63) is 42.9 Å². The number of piperidine rings is 1. The van der Waals surface area contributed by atoms with Crippen LogP contribution in [0, 0.1) is 0 Å². The van der Waals surface area contributed by atoms with E-state index >= 15 is 0 Å². The normalized spacial score (nSPS) is 18.6. The Morgan fingerprint density at radius 2 is 2.04 bits per heavy atom. The molecule has 9 heteroatoms. The lowest BCUT2D eigenvalue weighted by atomic mass is 10.1. The van der Waals surface area contributed by atoms with Gasteiger partial charge in [0, 0.05) is 25.3 Å². The van der Waals surface area contributed by atoms with E-state index in [9.17, 15) is 8.42 Å². The molecule has 0 spiro atoms. The van der Waals surface area contributed by atoms with E-state index in [2.05, 4.69) is 20.3 Å². The van der Waals surface area contributed by atoms with Crippen LogP contribution in [-0.4, -0.2) is 57.6 Å². The van der Waals surface area contributed by atoms with Gasteiger partial charge in [-0.2, -0.15) is 9.29 Å². The molecule has 0 bridgehead atoms. The van der Waals surface area contributed by atoms with E-state index < -0.39 is 10.0 Å². The molecule has 1 aromatic carbocycles. The molecule has 1 atom stereocenters. The fraction of sp³-hybridized carbons (Fsp3) is 0.389. The molecule has 1 unspecified atom stereocenters. The fourth-order valence-corrected chi connectivity index (χ4v) is 4.72. The standard InChI is InChI=1S/C18H22N6O2S/c1-27(25,26)24-11-5-4-6-14(24)12-20-18-19-10-9-17(22-18)23-13-21-15-7-2-3-8-16(15)23/h2-3,7-10,13-14H,4-6,11-12H2,1H3,(H,19,20,22). The lowest BCUT2D eigenvalue weighted by Gasteiger charge is -2.33. The van der Waals surface area contributed by atoms with E-state index in [4.69, 9.17) is 0 Å². The van der Waals surface area contributed by atoms with Crippen LogP contribution in [0.25, 0.3) is 16.9 Å². The smallest absolute Gasteiger partial charge is 0.224 e. The van der Waals surface area contributed by atoms with Crippen molar-refractivity contribution in [2.24, 2.45) is 0 Å². The minimum absolute atomic E-state index is 0.0740. The van der Waals surface area contributed by atoms with Crippen LogP contribution >= 0.6 is 0 Å². The summed E-state index contributed by atoms with van der Waals surface area (Å²) in [6.07, 6.45) is 7.47. The largest absolute Gasteiger partial charge is 0.353 e. The van der Waals surface area contributed by atoms with E-state index in [1.165, 1.54) is 6.26 Å². The number of hydrogen-bond donors (Lipinski definition) is 1. The molecular weight excluding hydrogens is 364 g/mol. The molecule has 0 aliphatic carbocycles. The molecule has 8 nitrogen and oxygen atoms in total. The van der Waals surface area contributed by atoms with Crippen molar-refractivity contribution in [2.75, 3.05) is 24.7 Å². The number of hydrogen-bond acceptors (Lipinski definition) is 6. The SMILES string of the molecule is CS(=O)(=O)N1CCCCC1CNc1nccc(-n2cnc3ccccc32)n1. The maximum absolute atomic E-state index is 12.0. The Hall–Kier alpha value is -2.52. The Morgan fingerprint density at radius 3 is 2.89 bits per heavy atom. The van der Waals surface area contributed by atoms with Crippen LogP contribution < -0.4 is 5.32 Å². The van der Waals surface area contributed by atoms with Gasteiger partial charge in [-0.15, -0.1) is 0 Å². The lowest BCUT2D eigenvalue weighted by molar-refractivity contribution is 0.263. The van der Waals surface area contributed by atoms with Crippen LogP contribution in [0.15, 0.2) is 42.9 Å². The number of imidazole rings is 1. The number of sulfonamides is 1. The number of anilines is 1. The first kappa shape index (κ1) is 17.9. The van der Waals surface area contributed by atoms with Gasteiger partial charge in [-0.1, -0.05) is 18.6 Å². The average Bonchev–Trinajstić information content (AvgIpc) is 3.10. The van der Waals surface area contributed by atoms with Gasteiger partial charge in [-0.25, -0.2) is 18.4 Å². The van der Waals surface area contributed by atoms with Crippen molar-refractivity contribution in [2.45, 2.75) is 25.3 Å². The van der Waals surface area contributed by atoms with Gasteiger partial charge in [0.05, 0.1) is 17.3 Å². The summed E-state index contributed by atoms with van der Waals surface area (Å²) in [5.41, 5.74) is 1.87. The molecule has 3 aromatic rings. The van der Waals surface area contributed by atoms with Gasteiger partial charge in [0.25, 0.3) is 0 Å². The Kier molecular flexibility index (Phi) is 4.79. The van der Waals surface area contributed by atoms with Crippen molar-refractivity contribution in [3.8, 4) is 5.82 Å². The number of para-hydroxylation sites is 2. The van der Waals surface area contributed by atoms with Crippen LogP contribution in [0.4, 0.5) is 5.95 Å². The maximum Gasteiger partial charge on any atom is 0.224 e. The molecule has 3 heterocycles. The number of benzene rings is 1. The Morgan fingerprint density at radius 1 is 1.19 bits per heavy atom. The monoisotopic (exact) mass is 386 g/mol. The highest BCUT2D eigenvalue weighted by atomic mass is 32.2. The molecule has 0 radical (unpaired) electrons. The third-order valence-electron chi connectivity index (χ3n) is 4.84. The number of nitrogens with zero attached hydrogens (tertiary/aromatic N) is 5. The van der Waals surface area contributed by atoms with Crippen LogP contribution in [-0.2, 0) is 10.0 Å².